The van der Waals surface area contributed by atoms with Crippen molar-refractivity contribution in [1.29, 1.82) is 0 Å². The Kier molecular flexibility index (Phi) is 5.99. The van der Waals surface area contributed by atoms with Gasteiger partial charge in [-0.2, -0.15) is 0 Å². The zero-order chi connectivity index (χ0) is 13.5. The first-order valence-electron chi connectivity index (χ1n) is 7.36. The van der Waals surface area contributed by atoms with Gasteiger partial charge in [0, 0.05) is 4.90 Å². The van der Waals surface area contributed by atoms with E-state index in [1.807, 2.05) is 11.8 Å². The van der Waals surface area contributed by atoms with E-state index in [4.69, 9.17) is 0 Å². The van der Waals surface area contributed by atoms with Crippen LogP contribution in [-0.4, -0.2) is 13.3 Å². The molecule has 1 atom stereocenters. The first-order valence-corrected chi connectivity index (χ1v) is 8.58. The van der Waals surface area contributed by atoms with E-state index in [0.29, 0.717) is 6.04 Å². The molecule has 0 radical (unpaired) electrons. The average Bonchev–Trinajstić information content (AvgIpc) is 2.42. The number of hydrogen-bond donors (Lipinski definition) is 1. The van der Waals surface area contributed by atoms with E-state index < -0.39 is 0 Å². The summed E-state index contributed by atoms with van der Waals surface area (Å²) in [5, 5.41) is 3.53. The highest BCUT2D eigenvalue weighted by molar-refractivity contribution is 7.98. The molecule has 1 aliphatic carbocycles. The first-order chi connectivity index (χ1) is 9.36. The van der Waals surface area contributed by atoms with Crippen molar-refractivity contribution in [3.63, 3.8) is 0 Å². The molecule has 1 aromatic carbocycles. The highest BCUT2D eigenvalue weighted by Crippen LogP contribution is 2.33. The molecular formula is C17H25NS. The molecule has 2 heteroatoms. The van der Waals surface area contributed by atoms with E-state index in [2.05, 4.69) is 49.0 Å². The van der Waals surface area contributed by atoms with Crippen LogP contribution in [-0.2, 0) is 0 Å². The van der Waals surface area contributed by atoms with E-state index >= 15 is 0 Å². The van der Waals surface area contributed by atoms with Crippen LogP contribution < -0.4 is 5.32 Å². The molecule has 104 valence electrons. The van der Waals surface area contributed by atoms with Crippen molar-refractivity contribution < 1.29 is 0 Å². The Hall–Kier alpha value is -0.730. The maximum atomic E-state index is 3.53. The van der Waals surface area contributed by atoms with Gasteiger partial charge in [-0.25, -0.2) is 0 Å². The molecular weight excluding hydrogens is 250 g/mol. The third kappa shape index (κ3) is 3.87. The van der Waals surface area contributed by atoms with Gasteiger partial charge in [0.15, 0.2) is 0 Å². The summed E-state index contributed by atoms with van der Waals surface area (Å²) in [6, 6.07) is 9.18. The Labute approximate surface area is 121 Å². The van der Waals surface area contributed by atoms with Crippen LogP contribution in [0.2, 0.25) is 0 Å². The molecule has 0 amide bonds. The SMILES string of the molecule is CNC(/C1=C/CCCCCC1)c1ccccc1SC. The molecule has 0 aromatic heterocycles. The smallest absolute Gasteiger partial charge is 0.0544 e. The van der Waals surface area contributed by atoms with Gasteiger partial charge in [0.05, 0.1) is 6.04 Å². The van der Waals surface area contributed by atoms with Crippen molar-refractivity contribution in [2.24, 2.45) is 0 Å². The first kappa shape index (κ1) is 14.7. The summed E-state index contributed by atoms with van der Waals surface area (Å²) in [6.45, 7) is 0. The molecule has 2 rings (SSSR count). The molecule has 0 saturated heterocycles. The lowest BCUT2D eigenvalue weighted by molar-refractivity contribution is 0.570. The van der Waals surface area contributed by atoms with Crippen molar-refractivity contribution in [2.45, 2.75) is 49.5 Å². The summed E-state index contributed by atoms with van der Waals surface area (Å²) in [5.74, 6) is 0. The third-order valence-electron chi connectivity index (χ3n) is 3.94. The highest BCUT2D eigenvalue weighted by Gasteiger charge is 2.17. The summed E-state index contributed by atoms with van der Waals surface area (Å²) in [6.07, 6.45) is 12.6. The van der Waals surface area contributed by atoms with Crippen LogP contribution in [0.15, 0.2) is 40.8 Å². The van der Waals surface area contributed by atoms with Crippen LogP contribution in [0.5, 0.6) is 0 Å². The molecule has 0 saturated carbocycles. The van der Waals surface area contributed by atoms with Crippen molar-refractivity contribution in [3.05, 3.63) is 41.5 Å². The summed E-state index contributed by atoms with van der Waals surface area (Å²) in [7, 11) is 2.08. The van der Waals surface area contributed by atoms with Gasteiger partial charge in [-0.05, 0) is 50.6 Å². The van der Waals surface area contributed by atoms with Crippen LogP contribution in [0.4, 0.5) is 0 Å². The minimum Gasteiger partial charge on any atom is -0.310 e. The van der Waals surface area contributed by atoms with Crippen LogP contribution >= 0.6 is 11.8 Å². The zero-order valence-corrected chi connectivity index (χ0v) is 12.9. The standard InChI is InChI=1S/C17H25NS/c1-18-17(14-10-6-4-3-5-7-11-14)15-12-8-9-13-16(15)19-2/h8-10,12-13,17-18H,3-7,11H2,1-2H3/b14-10+. The molecule has 0 fully saturated rings. The van der Waals surface area contributed by atoms with Crippen LogP contribution in [0, 0.1) is 0 Å². The van der Waals surface area contributed by atoms with E-state index in [9.17, 15) is 0 Å². The molecule has 19 heavy (non-hydrogen) atoms. The van der Waals surface area contributed by atoms with Gasteiger partial charge in [0.2, 0.25) is 0 Å². The quantitative estimate of drug-likeness (QED) is 0.616. The fourth-order valence-electron chi connectivity index (χ4n) is 2.92. The topological polar surface area (TPSA) is 12.0 Å². The molecule has 1 aliphatic rings. The molecule has 1 N–H and O–H groups in total. The summed E-state index contributed by atoms with van der Waals surface area (Å²) in [4.78, 5) is 1.39. The normalized spacial score (nSPS) is 21.1. The van der Waals surface area contributed by atoms with Gasteiger partial charge < -0.3 is 5.32 Å². The highest BCUT2D eigenvalue weighted by atomic mass is 32.2. The zero-order valence-electron chi connectivity index (χ0n) is 12.1. The summed E-state index contributed by atoms with van der Waals surface area (Å²) < 4.78 is 0. The Morgan fingerprint density at radius 1 is 1.11 bits per heavy atom. The number of rotatable bonds is 4. The van der Waals surface area contributed by atoms with Crippen molar-refractivity contribution in [3.8, 4) is 0 Å². The number of allylic oxidation sites excluding steroid dienone is 1. The van der Waals surface area contributed by atoms with Crippen molar-refractivity contribution in [2.75, 3.05) is 13.3 Å². The predicted octanol–water partition coefficient (Wildman–Crippen LogP) is 4.95. The second-order valence-corrected chi connectivity index (χ2v) is 6.04. The minimum atomic E-state index is 0.391. The Morgan fingerprint density at radius 3 is 2.68 bits per heavy atom. The lowest BCUT2D eigenvalue weighted by Gasteiger charge is -2.24. The van der Waals surface area contributed by atoms with Gasteiger partial charge in [-0.15, -0.1) is 11.8 Å². The van der Waals surface area contributed by atoms with E-state index in [0.717, 1.165) is 0 Å². The van der Waals surface area contributed by atoms with Crippen LogP contribution in [0.3, 0.4) is 0 Å². The van der Waals surface area contributed by atoms with Crippen LogP contribution in [0.25, 0.3) is 0 Å². The molecule has 1 nitrogen and oxygen atoms in total. The van der Waals surface area contributed by atoms with E-state index in [1.165, 1.54) is 49.0 Å². The molecule has 0 bridgehead atoms. The Balaban J connectivity index is 2.27. The lowest BCUT2D eigenvalue weighted by atomic mass is 9.91. The lowest BCUT2D eigenvalue weighted by Crippen LogP contribution is -2.20. The van der Waals surface area contributed by atoms with Gasteiger partial charge in [-0.1, -0.05) is 42.7 Å². The molecule has 0 aliphatic heterocycles. The molecule has 0 spiro atoms. The third-order valence-corrected chi connectivity index (χ3v) is 4.75. The van der Waals surface area contributed by atoms with Gasteiger partial charge in [0.1, 0.15) is 0 Å². The minimum absolute atomic E-state index is 0.391. The fourth-order valence-corrected chi connectivity index (χ4v) is 3.56. The predicted molar refractivity (Wildman–Crippen MR) is 85.8 cm³/mol. The maximum absolute atomic E-state index is 3.53. The van der Waals surface area contributed by atoms with Gasteiger partial charge >= 0.3 is 0 Å². The number of hydrogen-bond acceptors (Lipinski definition) is 2. The second-order valence-electron chi connectivity index (χ2n) is 5.20. The number of likely N-dealkylation sites (N-methyl/N-ethyl adjacent to an activating group) is 1. The van der Waals surface area contributed by atoms with Gasteiger partial charge in [0.25, 0.3) is 0 Å². The maximum Gasteiger partial charge on any atom is 0.0544 e. The van der Waals surface area contributed by atoms with Crippen molar-refractivity contribution >= 4 is 11.8 Å². The average molecular weight is 275 g/mol. The molecule has 0 heterocycles. The monoisotopic (exact) mass is 275 g/mol. The van der Waals surface area contributed by atoms with Gasteiger partial charge in [-0.3, -0.25) is 0 Å². The molecule has 1 unspecified atom stereocenters. The number of thioether (sulfide) groups is 1. The van der Waals surface area contributed by atoms with Crippen molar-refractivity contribution in [1.82, 2.24) is 5.32 Å². The largest absolute Gasteiger partial charge is 0.310 e. The van der Waals surface area contributed by atoms with E-state index in [1.54, 1.807) is 5.57 Å². The van der Waals surface area contributed by atoms with E-state index in [-0.39, 0.29) is 0 Å². The molecule has 1 aromatic rings. The summed E-state index contributed by atoms with van der Waals surface area (Å²) >= 11 is 1.85. The second kappa shape index (κ2) is 7.76. The van der Waals surface area contributed by atoms with Crippen LogP contribution in [0.1, 0.15) is 50.1 Å². The Bertz CT molecular complexity index is 425. The number of nitrogens with one attached hydrogen (secondary N) is 1. The fraction of sp³-hybridized carbons (Fsp3) is 0.529. The Morgan fingerprint density at radius 2 is 1.89 bits per heavy atom. The summed E-state index contributed by atoms with van der Waals surface area (Å²) in [5.41, 5.74) is 3.02. The number of benzene rings is 1.